The van der Waals surface area contributed by atoms with E-state index in [2.05, 4.69) is 58.1 Å². The van der Waals surface area contributed by atoms with Crippen LogP contribution in [0.2, 0.25) is 0 Å². The highest BCUT2D eigenvalue weighted by Crippen LogP contribution is 2.27. The molecule has 0 aliphatic heterocycles. The van der Waals surface area contributed by atoms with E-state index in [0.29, 0.717) is 11.6 Å². The number of benzene rings is 1. The van der Waals surface area contributed by atoms with Crippen molar-refractivity contribution in [2.75, 3.05) is 26.4 Å². The summed E-state index contributed by atoms with van der Waals surface area (Å²) in [6.45, 7) is 5.59. The summed E-state index contributed by atoms with van der Waals surface area (Å²) in [6, 6.07) is 7.56. The normalized spacial score (nSPS) is 12.1. The molecule has 1 atom stereocenters. The highest BCUT2D eigenvalue weighted by Gasteiger charge is 2.17. The summed E-state index contributed by atoms with van der Waals surface area (Å²) in [5.41, 5.74) is 12.8. The lowest BCUT2D eigenvalue weighted by Crippen LogP contribution is -2.43. The van der Waals surface area contributed by atoms with Gasteiger partial charge in [-0.25, -0.2) is 14.4 Å². The minimum atomic E-state index is -1.04. The van der Waals surface area contributed by atoms with E-state index < -0.39 is 24.3 Å². The van der Waals surface area contributed by atoms with Crippen molar-refractivity contribution in [1.29, 1.82) is 0 Å². The van der Waals surface area contributed by atoms with Crippen molar-refractivity contribution in [2.45, 2.75) is 77.7 Å². The number of carbonyl (C=O) groups is 3. The maximum atomic E-state index is 11.9. The van der Waals surface area contributed by atoms with Gasteiger partial charge < -0.3 is 35.8 Å². The van der Waals surface area contributed by atoms with Gasteiger partial charge in [-0.3, -0.25) is 0 Å². The topological polar surface area (TPSA) is 165 Å². The van der Waals surface area contributed by atoms with Crippen LogP contribution in [0.1, 0.15) is 82.8 Å². The van der Waals surface area contributed by atoms with Gasteiger partial charge in [0.25, 0.3) is 0 Å². The van der Waals surface area contributed by atoms with Gasteiger partial charge in [0.05, 0.1) is 5.71 Å². The average molecular weight is 523 g/mol. The summed E-state index contributed by atoms with van der Waals surface area (Å²) in [5, 5.41) is 6.47. The van der Waals surface area contributed by atoms with E-state index in [9.17, 15) is 14.4 Å². The second kappa shape index (κ2) is 18.7. The number of hydrogen-bond donors (Lipinski definition) is 3. The van der Waals surface area contributed by atoms with Crippen LogP contribution < -0.4 is 16.8 Å². The number of oxime groups is 1. The number of ether oxygens (including phenoxy) is 3. The summed E-state index contributed by atoms with van der Waals surface area (Å²) < 4.78 is 14.2. The van der Waals surface area contributed by atoms with E-state index in [1.54, 1.807) is 0 Å². The number of unbranched alkanes of at least 4 members (excludes halogenated alkanes) is 3. The monoisotopic (exact) mass is 522 g/mol. The predicted octanol–water partition coefficient (Wildman–Crippen LogP) is 4.57. The molecule has 0 radical (unpaired) electrons. The van der Waals surface area contributed by atoms with Crippen molar-refractivity contribution < 1.29 is 33.4 Å². The van der Waals surface area contributed by atoms with Gasteiger partial charge in [-0.1, -0.05) is 75.4 Å². The first-order valence-corrected chi connectivity index (χ1v) is 12.8. The number of amides is 3. The van der Waals surface area contributed by atoms with Crippen LogP contribution in [0, 0.1) is 0 Å². The molecule has 0 aliphatic rings. The molecule has 1 unspecified atom stereocenters. The van der Waals surface area contributed by atoms with E-state index in [0.717, 1.165) is 12.0 Å². The molecule has 1 aromatic carbocycles. The second-order valence-electron chi connectivity index (χ2n) is 8.70. The van der Waals surface area contributed by atoms with Gasteiger partial charge in [-0.05, 0) is 36.8 Å². The quantitative estimate of drug-likeness (QED) is 0.110. The van der Waals surface area contributed by atoms with E-state index in [-0.39, 0.29) is 26.4 Å². The molecule has 37 heavy (non-hydrogen) atoms. The molecule has 0 bridgehead atoms. The number of hydrogen-bond acceptors (Lipinski definition) is 8. The van der Waals surface area contributed by atoms with Gasteiger partial charge in [0.2, 0.25) is 0 Å². The molecule has 0 heterocycles. The lowest BCUT2D eigenvalue weighted by Gasteiger charge is -2.17. The Kier molecular flexibility index (Phi) is 16.0. The molecule has 0 spiro atoms. The number of carbonyl (C=O) groups excluding carboxylic acids is 3. The summed E-state index contributed by atoms with van der Waals surface area (Å²) in [4.78, 5) is 38.7. The molecule has 1 rings (SSSR count). The van der Waals surface area contributed by atoms with Crippen LogP contribution in [0.3, 0.4) is 0 Å². The Morgan fingerprint density at radius 3 is 2.08 bits per heavy atom. The Labute approximate surface area is 219 Å². The third-order valence-electron chi connectivity index (χ3n) is 5.63. The van der Waals surface area contributed by atoms with Crippen LogP contribution in [-0.4, -0.2) is 56.5 Å². The average Bonchev–Trinajstić information content (AvgIpc) is 2.87. The second-order valence-corrected chi connectivity index (χ2v) is 8.70. The lowest BCUT2D eigenvalue weighted by molar-refractivity contribution is 0.0673. The zero-order valence-corrected chi connectivity index (χ0v) is 22.2. The van der Waals surface area contributed by atoms with Crippen molar-refractivity contribution in [2.24, 2.45) is 16.6 Å². The molecule has 5 N–H and O–H groups in total. The molecule has 0 saturated heterocycles. The van der Waals surface area contributed by atoms with Crippen molar-refractivity contribution in [1.82, 2.24) is 5.32 Å². The van der Waals surface area contributed by atoms with Crippen molar-refractivity contribution in [3.63, 3.8) is 0 Å². The van der Waals surface area contributed by atoms with Crippen LogP contribution in [-0.2, 0) is 19.0 Å². The Morgan fingerprint density at radius 2 is 1.51 bits per heavy atom. The van der Waals surface area contributed by atoms with E-state index in [1.165, 1.54) is 44.1 Å². The standard InChI is InChI=1S/C26H42N4O7/c1-4-6-7-8-10-21(9-5-2)22-13-11-20(12-14-22)19(3)30-37-16-15-34-26(33)29-23(17-35-24(27)31)18-36-25(28)32/h11-14,21,23H,4-10,15-18H2,1-3H3,(H2,27,31)(H2,28,32)(H,29,33)/b30-19+. The van der Waals surface area contributed by atoms with Gasteiger partial charge in [-0.15, -0.1) is 0 Å². The third-order valence-corrected chi connectivity index (χ3v) is 5.63. The summed E-state index contributed by atoms with van der Waals surface area (Å²) in [5.74, 6) is 0.581. The van der Waals surface area contributed by atoms with Gasteiger partial charge in [0, 0.05) is 0 Å². The van der Waals surface area contributed by atoms with Crippen molar-refractivity contribution in [3.8, 4) is 0 Å². The van der Waals surface area contributed by atoms with Gasteiger partial charge >= 0.3 is 18.3 Å². The Hall–Kier alpha value is -3.50. The highest BCUT2D eigenvalue weighted by atomic mass is 16.6. The Balaban J connectivity index is 2.47. The maximum absolute atomic E-state index is 11.9. The fourth-order valence-corrected chi connectivity index (χ4v) is 3.71. The minimum absolute atomic E-state index is 0.0272. The zero-order valence-electron chi connectivity index (χ0n) is 22.2. The molecule has 1 aromatic rings. The molecule has 11 heteroatoms. The lowest BCUT2D eigenvalue weighted by atomic mass is 9.88. The van der Waals surface area contributed by atoms with Crippen LogP contribution in [0.4, 0.5) is 14.4 Å². The first-order valence-electron chi connectivity index (χ1n) is 12.8. The molecule has 0 fully saturated rings. The van der Waals surface area contributed by atoms with Gasteiger partial charge in [0.1, 0.15) is 25.9 Å². The van der Waals surface area contributed by atoms with Crippen LogP contribution >= 0.6 is 0 Å². The molecule has 0 aliphatic carbocycles. The van der Waals surface area contributed by atoms with Gasteiger partial charge in [-0.2, -0.15) is 0 Å². The summed E-state index contributed by atoms with van der Waals surface area (Å²) >= 11 is 0. The van der Waals surface area contributed by atoms with E-state index in [4.69, 9.17) is 21.0 Å². The summed E-state index contributed by atoms with van der Waals surface area (Å²) in [7, 11) is 0. The number of primary amides is 2. The van der Waals surface area contributed by atoms with Crippen LogP contribution in [0.15, 0.2) is 29.4 Å². The first-order chi connectivity index (χ1) is 17.8. The molecular formula is C26H42N4O7. The molecule has 11 nitrogen and oxygen atoms in total. The number of nitrogens with two attached hydrogens (primary N) is 2. The number of alkyl carbamates (subject to hydrolysis) is 1. The fourth-order valence-electron chi connectivity index (χ4n) is 3.71. The highest BCUT2D eigenvalue weighted by molar-refractivity contribution is 5.98. The fraction of sp³-hybridized carbons (Fsp3) is 0.615. The molecule has 208 valence electrons. The number of nitrogens with one attached hydrogen (secondary N) is 1. The van der Waals surface area contributed by atoms with E-state index in [1.807, 2.05) is 6.92 Å². The van der Waals surface area contributed by atoms with E-state index >= 15 is 0 Å². The molecule has 0 aromatic heterocycles. The largest absolute Gasteiger partial charge is 0.447 e. The van der Waals surface area contributed by atoms with Crippen molar-refractivity contribution in [3.05, 3.63) is 35.4 Å². The maximum Gasteiger partial charge on any atom is 0.407 e. The molecule has 0 saturated carbocycles. The van der Waals surface area contributed by atoms with Crippen molar-refractivity contribution >= 4 is 24.0 Å². The smallest absolute Gasteiger partial charge is 0.407 e. The van der Waals surface area contributed by atoms with Crippen LogP contribution in [0.5, 0.6) is 0 Å². The number of rotatable bonds is 18. The Bertz CT molecular complexity index is 828. The zero-order chi connectivity index (χ0) is 27.5. The molecular weight excluding hydrogens is 480 g/mol. The number of nitrogens with zero attached hydrogens (tertiary/aromatic N) is 1. The molecule has 3 amide bonds. The minimum Gasteiger partial charge on any atom is -0.447 e. The summed E-state index contributed by atoms with van der Waals surface area (Å²) in [6.07, 6.45) is 5.74. The Morgan fingerprint density at radius 1 is 0.865 bits per heavy atom. The SMILES string of the molecule is CCCCCCC(CCC)c1ccc(/C(C)=N/OCCOC(=O)NC(COC(N)=O)COC(N)=O)cc1. The first kappa shape index (κ1) is 31.5. The third kappa shape index (κ3) is 14.6. The van der Waals surface area contributed by atoms with Gasteiger partial charge in [0.15, 0.2) is 6.61 Å². The predicted molar refractivity (Wildman–Crippen MR) is 140 cm³/mol. The van der Waals surface area contributed by atoms with Crippen LogP contribution in [0.25, 0.3) is 0 Å².